The molecule has 0 rings (SSSR count). The Morgan fingerprint density at radius 2 is 2.00 bits per heavy atom. The topological polar surface area (TPSA) is 9.23 Å². The molecule has 0 heterocycles. The molecule has 2 heteroatoms. The van der Waals surface area contributed by atoms with Crippen molar-refractivity contribution in [3.8, 4) is 0 Å². The van der Waals surface area contributed by atoms with E-state index in [0.717, 1.165) is 24.5 Å². The minimum absolute atomic E-state index is 0.589. The molecule has 0 aliphatic rings. The van der Waals surface area contributed by atoms with Crippen LogP contribution in [0.3, 0.4) is 0 Å². The van der Waals surface area contributed by atoms with Crippen LogP contribution in [0.15, 0.2) is 12.3 Å². The van der Waals surface area contributed by atoms with E-state index in [1.54, 1.807) is 7.11 Å². The van der Waals surface area contributed by atoms with Crippen molar-refractivity contribution in [1.29, 1.82) is 0 Å². The summed E-state index contributed by atoms with van der Waals surface area (Å²) in [5.74, 6) is 2.81. The van der Waals surface area contributed by atoms with Crippen molar-refractivity contribution in [2.45, 2.75) is 26.7 Å². The molecule has 0 fully saturated rings. The predicted octanol–water partition coefficient (Wildman–Crippen LogP) is 3.44. The Labute approximate surface area is 80.8 Å². The average molecular weight is 191 g/mol. The van der Waals surface area contributed by atoms with Gasteiger partial charge in [0.15, 0.2) is 0 Å². The van der Waals surface area contributed by atoms with E-state index in [2.05, 4.69) is 20.4 Å². The standard InChI is InChI=1S/C10H19ClO/c1-8(5-9(2)7-11)6-10(3)12-4/h8-9H,3,5-7H2,1-2,4H3/t8-,9+/m1/s1. The number of alkyl halides is 1. The molecule has 0 aromatic heterocycles. The highest BCUT2D eigenvalue weighted by Gasteiger charge is 2.09. The molecule has 1 nitrogen and oxygen atoms in total. The van der Waals surface area contributed by atoms with Gasteiger partial charge in [0, 0.05) is 12.3 Å². The van der Waals surface area contributed by atoms with Gasteiger partial charge in [0.2, 0.25) is 0 Å². The summed E-state index contributed by atoms with van der Waals surface area (Å²) in [5, 5.41) is 0. The summed E-state index contributed by atoms with van der Waals surface area (Å²) in [4.78, 5) is 0. The Morgan fingerprint density at radius 3 is 2.42 bits per heavy atom. The third-order valence-electron chi connectivity index (χ3n) is 1.93. The van der Waals surface area contributed by atoms with Crippen molar-refractivity contribution in [3.05, 3.63) is 12.3 Å². The third-order valence-corrected chi connectivity index (χ3v) is 2.46. The Hall–Kier alpha value is -0.170. The maximum absolute atomic E-state index is 5.71. The van der Waals surface area contributed by atoms with Gasteiger partial charge in [0.25, 0.3) is 0 Å². The molecule has 0 saturated heterocycles. The molecule has 72 valence electrons. The molecule has 0 aliphatic heterocycles. The van der Waals surface area contributed by atoms with Crippen LogP contribution in [0.25, 0.3) is 0 Å². The van der Waals surface area contributed by atoms with Crippen LogP contribution < -0.4 is 0 Å². The Kier molecular flexibility index (Phi) is 6.27. The summed E-state index contributed by atoms with van der Waals surface area (Å²) in [5.41, 5.74) is 0. The van der Waals surface area contributed by atoms with E-state index in [-0.39, 0.29) is 0 Å². The molecule has 12 heavy (non-hydrogen) atoms. The monoisotopic (exact) mass is 190 g/mol. The van der Waals surface area contributed by atoms with Crippen LogP contribution in [-0.4, -0.2) is 13.0 Å². The minimum atomic E-state index is 0.589. The van der Waals surface area contributed by atoms with E-state index in [4.69, 9.17) is 16.3 Å². The molecule has 0 aromatic rings. The lowest BCUT2D eigenvalue weighted by Gasteiger charge is -2.15. The first-order valence-electron chi connectivity index (χ1n) is 4.37. The van der Waals surface area contributed by atoms with Crippen molar-refractivity contribution in [3.63, 3.8) is 0 Å². The van der Waals surface area contributed by atoms with Crippen molar-refractivity contribution in [1.82, 2.24) is 0 Å². The van der Waals surface area contributed by atoms with Gasteiger partial charge in [-0.15, -0.1) is 11.6 Å². The maximum atomic E-state index is 5.71. The normalized spacial score (nSPS) is 15.3. The zero-order valence-corrected chi connectivity index (χ0v) is 9.03. The minimum Gasteiger partial charge on any atom is -0.502 e. The van der Waals surface area contributed by atoms with Gasteiger partial charge in [-0.25, -0.2) is 0 Å². The summed E-state index contributed by atoms with van der Waals surface area (Å²) < 4.78 is 5.01. The van der Waals surface area contributed by atoms with E-state index in [1.165, 1.54) is 0 Å². The molecule has 0 bridgehead atoms. The van der Waals surface area contributed by atoms with Gasteiger partial charge < -0.3 is 4.74 Å². The zero-order valence-electron chi connectivity index (χ0n) is 8.27. The highest BCUT2D eigenvalue weighted by atomic mass is 35.5. The fourth-order valence-corrected chi connectivity index (χ4v) is 1.43. The number of hydrogen-bond acceptors (Lipinski definition) is 1. The second-order valence-electron chi connectivity index (χ2n) is 3.55. The first-order chi connectivity index (χ1) is 5.60. The smallest absolute Gasteiger partial charge is 0.0886 e. The number of halogens is 1. The van der Waals surface area contributed by atoms with E-state index in [9.17, 15) is 0 Å². The molecular weight excluding hydrogens is 172 g/mol. The first-order valence-corrected chi connectivity index (χ1v) is 4.91. The molecule has 2 atom stereocenters. The average Bonchev–Trinajstić information content (AvgIpc) is 2.03. The SMILES string of the molecule is C=C(C[C@H](C)C[C@H](C)CCl)OC. The van der Waals surface area contributed by atoms with Gasteiger partial charge in [0.1, 0.15) is 0 Å². The zero-order chi connectivity index (χ0) is 9.56. The second-order valence-corrected chi connectivity index (χ2v) is 3.86. The Bertz CT molecular complexity index is 134. The summed E-state index contributed by atoms with van der Waals surface area (Å²) in [6.45, 7) is 8.16. The second kappa shape index (κ2) is 6.36. The molecule has 0 N–H and O–H groups in total. The molecule has 0 radical (unpaired) electrons. The van der Waals surface area contributed by atoms with Crippen molar-refractivity contribution in [2.75, 3.05) is 13.0 Å². The maximum Gasteiger partial charge on any atom is 0.0886 e. The number of allylic oxidation sites excluding steroid dienone is 1. The fourth-order valence-electron chi connectivity index (χ4n) is 1.31. The van der Waals surface area contributed by atoms with E-state index < -0.39 is 0 Å². The van der Waals surface area contributed by atoms with Gasteiger partial charge in [0.05, 0.1) is 12.9 Å². The molecule has 0 aliphatic carbocycles. The summed E-state index contributed by atoms with van der Waals surface area (Å²) >= 11 is 5.71. The van der Waals surface area contributed by atoms with Crippen molar-refractivity contribution < 1.29 is 4.74 Å². The summed E-state index contributed by atoms with van der Waals surface area (Å²) in [6, 6.07) is 0. The van der Waals surface area contributed by atoms with Gasteiger partial charge in [-0.05, 0) is 18.3 Å². The van der Waals surface area contributed by atoms with Gasteiger partial charge in [-0.1, -0.05) is 20.4 Å². The molecular formula is C10H19ClO. The van der Waals surface area contributed by atoms with Gasteiger partial charge in [-0.2, -0.15) is 0 Å². The van der Waals surface area contributed by atoms with E-state index in [0.29, 0.717) is 11.8 Å². The van der Waals surface area contributed by atoms with Gasteiger partial charge >= 0.3 is 0 Å². The molecule has 0 spiro atoms. The van der Waals surface area contributed by atoms with Crippen LogP contribution in [0.5, 0.6) is 0 Å². The molecule has 0 saturated carbocycles. The van der Waals surface area contributed by atoms with Crippen LogP contribution in [-0.2, 0) is 4.74 Å². The van der Waals surface area contributed by atoms with Crippen LogP contribution in [0.1, 0.15) is 26.7 Å². The number of ether oxygens (including phenoxy) is 1. The van der Waals surface area contributed by atoms with Crippen LogP contribution >= 0.6 is 11.6 Å². The molecule has 0 unspecified atom stereocenters. The van der Waals surface area contributed by atoms with Crippen molar-refractivity contribution >= 4 is 11.6 Å². The van der Waals surface area contributed by atoms with Crippen LogP contribution in [0, 0.1) is 11.8 Å². The lowest BCUT2D eigenvalue weighted by Crippen LogP contribution is -2.05. The van der Waals surface area contributed by atoms with Gasteiger partial charge in [-0.3, -0.25) is 0 Å². The lowest BCUT2D eigenvalue weighted by atomic mass is 9.95. The first kappa shape index (κ1) is 11.8. The Morgan fingerprint density at radius 1 is 1.42 bits per heavy atom. The van der Waals surface area contributed by atoms with E-state index in [1.807, 2.05) is 0 Å². The fraction of sp³-hybridized carbons (Fsp3) is 0.800. The highest BCUT2D eigenvalue weighted by Crippen LogP contribution is 2.19. The lowest BCUT2D eigenvalue weighted by molar-refractivity contribution is 0.257. The molecule has 0 aromatic carbocycles. The van der Waals surface area contributed by atoms with E-state index >= 15 is 0 Å². The number of methoxy groups -OCH3 is 1. The number of hydrogen-bond donors (Lipinski definition) is 0. The van der Waals surface area contributed by atoms with Crippen LogP contribution in [0.4, 0.5) is 0 Å². The number of rotatable bonds is 6. The van der Waals surface area contributed by atoms with Crippen molar-refractivity contribution in [2.24, 2.45) is 11.8 Å². The summed E-state index contributed by atoms with van der Waals surface area (Å²) in [7, 11) is 1.67. The van der Waals surface area contributed by atoms with Crippen LogP contribution in [0.2, 0.25) is 0 Å². The largest absolute Gasteiger partial charge is 0.502 e. The Balaban J connectivity index is 3.58. The predicted molar refractivity (Wildman–Crippen MR) is 54.4 cm³/mol. The third kappa shape index (κ3) is 5.48. The molecule has 0 amide bonds. The highest BCUT2D eigenvalue weighted by molar-refractivity contribution is 6.18. The quantitative estimate of drug-likeness (QED) is 0.461. The summed E-state index contributed by atoms with van der Waals surface area (Å²) in [6.07, 6.45) is 2.09.